The molecule has 0 radical (unpaired) electrons. The molecular formula is C16H33NO. The van der Waals surface area contributed by atoms with Crippen molar-refractivity contribution in [2.45, 2.75) is 72.5 Å². The van der Waals surface area contributed by atoms with Gasteiger partial charge in [0.2, 0.25) is 0 Å². The third-order valence-corrected chi connectivity index (χ3v) is 3.73. The van der Waals surface area contributed by atoms with E-state index in [1.54, 1.807) is 0 Å². The van der Waals surface area contributed by atoms with Crippen molar-refractivity contribution >= 4 is 0 Å². The summed E-state index contributed by atoms with van der Waals surface area (Å²) in [6.07, 6.45) is 5.89. The van der Waals surface area contributed by atoms with Crippen LogP contribution in [-0.2, 0) is 4.74 Å². The second-order valence-corrected chi connectivity index (χ2v) is 6.81. The average molecular weight is 255 g/mol. The summed E-state index contributed by atoms with van der Waals surface area (Å²) < 4.78 is 6.17. The number of rotatable bonds is 7. The van der Waals surface area contributed by atoms with E-state index in [-0.39, 0.29) is 0 Å². The summed E-state index contributed by atoms with van der Waals surface area (Å²) in [6.45, 7) is 15.1. The molecule has 18 heavy (non-hydrogen) atoms. The van der Waals surface area contributed by atoms with Crippen LogP contribution in [0.3, 0.4) is 0 Å². The molecule has 0 unspecified atom stereocenters. The predicted molar refractivity (Wildman–Crippen MR) is 78.9 cm³/mol. The van der Waals surface area contributed by atoms with Crippen LogP contribution in [0.2, 0.25) is 0 Å². The SMILES string of the molecule is CC(C)CC[C@@H](C)OC1CCN(CC(C)C)CC1. The van der Waals surface area contributed by atoms with Gasteiger partial charge >= 0.3 is 0 Å². The lowest BCUT2D eigenvalue weighted by molar-refractivity contribution is -0.0401. The van der Waals surface area contributed by atoms with E-state index in [0.29, 0.717) is 12.2 Å². The highest BCUT2D eigenvalue weighted by atomic mass is 16.5. The molecule has 1 aliphatic heterocycles. The highest BCUT2D eigenvalue weighted by molar-refractivity contribution is 4.74. The Morgan fingerprint density at radius 2 is 1.56 bits per heavy atom. The molecule has 0 aromatic heterocycles. The van der Waals surface area contributed by atoms with Crippen molar-refractivity contribution < 1.29 is 4.74 Å². The van der Waals surface area contributed by atoms with Gasteiger partial charge < -0.3 is 9.64 Å². The van der Waals surface area contributed by atoms with Crippen molar-refractivity contribution in [2.24, 2.45) is 11.8 Å². The summed E-state index contributed by atoms with van der Waals surface area (Å²) in [5, 5.41) is 0. The van der Waals surface area contributed by atoms with Crippen LogP contribution < -0.4 is 0 Å². The molecule has 1 saturated heterocycles. The Hall–Kier alpha value is -0.0800. The lowest BCUT2D eigenvalue weighted by atomic mass is 10.0. The van der Waals surface area contributed by atoms with Gasteiger partial charge in [0.1, 0.15) is 0 Å². The van der Waals surface area contributed by atoms with Crippen molar-refractivity contribution in [3.8, 4) is 0 Å². The molecule has 1 fully saturated rings. The minimum atomic E-state index is 0.439. The maximum atomic E-state index is 6.17. The van der Waals surface area contributed by atoms with Crippen LogP contribution in [0.4, 0.5) is 0 Å². The van der Waals surface area contributed by atoms with Crippen LogP contribution in [0.15, 0.2) is 0 Å². The first-order valence-corrected chi connectivity index (χ1v) is 7.85. The Kier molecular flexibility index (Phi) is 7.25. The van der Waals surface area contributed by atoms with Gasteiger partial charge in [-0.05, 0) is 44.4 Å². The van der Waals surface area contributed by atoms with Crippen molar-refractivity contribution in [1.29, 1.82) is 0 Å². The van der Waals surface area contributed by atoms with Gasteiger partial charge in [-0.25, -0.2) is 0 Å². The zero-order valence-corrected chi connectivity index (χ0v) is 13.1. The van der Waals surface area contributed by atoms with Crippen LogP contribution in [0, 0.1) is 11.8 Å². The molecule has 0 saturated carbocycles. The minimum absolute atomic E-state index is 0.439. The van der Waals surface area contributed by atoms with E-state index in [1.165, 1.54) is 45.3 Å². The number of piperidine rings is 1. The van der Waals surface area contributed by atoms with Gasteiger partial charge in [0, 0.05) is 19.6 Å². The molecule has 0 aromatic rings. The standard InChI is InChI=1S/C16H33NO/c1-13(2)6-7-15(5)18-16-8-10-17(11-9-16)12-14(3)4/h13-16H,6-12H2,1-5H3/t15-/m1/s1. The summed E-state index contributed by atoms with van der Waals surface area (Å²) in [6, 6.07) is 0. The first-order valence-electron chi connectivity index (χ1n) is 7.85. The van der Waals surface area contributed by atoms with Gasteiger partial charge in [-0.2, -0.15) is 0 Å². The number of ether oxygens (including phenoxy) is 1. The fourth-order valence-electron chi connectivity index (χ4n) is 2.71. The monoisotopic (exact) mass is 255 g/mol. The fourth-order valence-corrected chi connectivity index (χ4v) is 2.71. The molecule has 0 aliphatic carbocycles. The Labute approximate surface area is 114 Å². The van der Waals surface area contributed by atoms with Crippen molar-refractivity contribution in [3.63, 3.8) is 0 Å². The van der Waals surface area contributed by atoms with Gasteiger partial charge in [-0.3, -0.25) is 0 Å². The quantitative estimate of drug-likeness (QED) is 0.683. The van der Waals surface area contributed by atoms with E-state index >= 15 is 0 Å². The fraction of sp³-hybridized carbons (Fsp3) is 1.00. The van der Waals surface area contributed by atoms with Crippen molar-refractivity contribution in [3.05, 3.63) is 0 Å². The molecule has 2 nitrogen and oxygen atoms in total. The number of hydrogen-bond donors (Lipinski definition) is 0. The Morgan fingerprint density at radius 1 is 0.944 bits per heavy atom. The van der Waals surface area contributed by atoms with Crippen LogP contribution in [0.25, 0.3) is 0 Å². The van der Waals surface area contributed by atoms with Crippen LogP contribution >= 0.6 is 0 Å². The number of hydrogen-bond acceptors (Lipinski definition) is 2. The summed E-state index contributed by atoms with van der Waals surface area (Å²) in [5.74, 6) is 1.58. The predicted octanol–water partition coefficient (Wildman–Crippen LogP) is 3.95. The van der Waals surface area contributed by atoms with Gasteiger partial charge in [0.05, 0.1) is 12.2 Å². The minimum Gasteiger partial charge on any atom is -0.375 e. The largest absolute Gasteiger partial charge is 0.375 e. The molecule has 0 N–H and O–H groups in total. The van der Waals surface area contributed by atoms with Gasteiger partial charge in [0.25, 0.3) is 0 Å². The lowest BCUT2D eigenvalue weighted by Gasteiger charge is -2.34. The van der Waals surface area contributed by atoms with E-state index < -0.39 is 0 Å². The third-order valence-electron chi connectivity index (χ3n) is 3.73. The zero-order valence-electron chi connectivity index (χ0n) is 13.1. The molecule has 1 atom stereocenters. The molecule has 1 aliphatic rings. The van der Waals surface area contributed by atoms with E-state index in [9.17, 15) is 0 Å². The summed E-state index contributed by atoms with van der Waals surface area (Å²) in [5.41, 5.74) is 0. The first-order chi connectivity index (χ1) is 8.47. The first kappa shape index (κ1) is 16.0. The summed E-state index contributed by atoms with van der Waals surface area (Å²) >= 11 is 0. The summed E-state index contributed by atoms with van der Waals surface area (Å²) in [4.78, 5) is 2.59. The Balaban J connectivity index is 2.14. The molecule has 0 amide bonds. The highest BCUT2D eigenvalue weighted by Crippen LogP contribution is 2.18. The van der Waals surface area contributed by atoms with Crippen molar-refractivity contribution in [2.75, 3.05) is 19.6 Å². The second-order valence-electron chi connectivity index (χ2n) is 6.81. The van der Waals surface area contributed by atoms with Gasteiger partial charge in [-0.1, -0.05) is 27.7 Å². The highest BCUT2D eigenvalue weighted by Gasteiger charge is 2.21. The molecule has 108 valence electrons. The molecule has 1 rings (SSSR count). The van der Waals surface area contributed by atoms with E-state index in [1.807, 2.05) is 0 Å². The topological polar surface area (TPSA) is 12.5 Å². The smallest absolute Gasteiger partial charge is 0.0603 e. The van der Waals surface area contributed by atoms with Gasteiger partial charge in [0.15, 0.2) is 0 Å². The van der Waals surface area contributed by atoms with Crippen LogP contribution in [-0.4, -0.2) is 36.7 Å². The normalized spacial score (nSPS) is 20.8. The molecule has 0 spiro atoms. The van der Waals surface area contributed by atoms with Crippen LogP contribution in [0.1, 0.15) is 60.3 Å². The Morgan fingerprint density at radius 3 is 2.06 bits per heavy atom. The maximum Gasteiger partial charge on any atom is 0.0603 e. The molecule has 0 bridgehead atoms. The maximum absolute atomic E-state index is 6.17. The van der Waals surface area contributed by atoms with E-state index in [4.69, 9.17) is 4.74 Å². The van der Waals surface area contributed by atoms with Crippen molar-refractivity contribution in [1.82, 2.24) is 4.90 Å². The zero-order chi connectivity index (χ0) is 13.5. The molecule has 0 aromatic carbocycles. The Bertz CT molecular complexity index is 207. The number of nitrogens with zero attached hydrogens (tertiary/aromatic N) is 1. The third kappa shape index (κ3) is 6.75. The lowest BCUT2D eigenvalue weighted by Crippen LogP contribution is -2.39. The second kappa shape index (κ2) is 8.16. The van der Waals surface area contributed by atoms with E-state index in [2.05, 4.69) is 39.5 Å². The summed E-state index contributed by atoms with van der Waals surface area (Å²) in [7, 11) is 0. The molecule has 1 heterocycles. The molecule has 2 heteroatoms. The number of likely N-dealkylation sites (tertiary alicyclic amines) is 1. The van der Waals surface area contributed by atoms with Crippen LogP contribution in [0.5, 0.6) is 0 Å². The van der Waals surface area contributed by atoms with E-state index in [0.717, 1.165) is 11.8 Å². The van der Waals surface area contributed by atoms with Gasteiger partial charge in [-0.15, -0.1) is 0 Å². The molecular weight excluding hydrogens is 222 g/mol. The average Bonchev–Trinajstić information content (AvgIpc) is 2.28.